The number of ether oxygens (including phenoxy) is 1. The lowest BCUT2D eigenvalue weighted by Gasteiger charge is -2.13. The zero-order valence-electron chi connectivity index (χ0n) is 12.5. The van der Waals surface area contributed by atoms with Crippen molar-refractivity contribution >= 4 is 0 Å². The van der Waals surface area contributed by atoms with Crippen LogP contribution in [0.1, 0.15) is 30.6 Å². The van der Waals surface area contributed by atoms with E-state index in [-0.39, 0.29) is 0 Å². The van der Waals surface area contributed by atoms with E-state index in [1.165, 1.54) is 0 Å². The Morgan fingerprint density at radius 3 is 2.43 bits per heavy atom. The summed E-state index contributed by atoms with van der Waals surface area (Å²) in [5, 5.41) is 13.3. The minimum absolute atomic E-state index is 0.472. The molecule has 0 aliphatic heterocycles. The summed E-state index contributed by atoms with van der Waals surface area (Å²) in [7, 11) is 0. The van der Waals surface area contributed by atoms with E-state index < -0.39 is 6.10 Å². The van der Waals surface area contributed by atoms with Gasteiger partial charge < -0.3 is 15.2 Å². The van der Waals surface area contributed by atoms with Crippen molar-refractivity contribution in [3.05, 3.63) is 65.7 Å². The number of aliphatic hydroxyl groups excluding tert-OH is 1. The first-order valence-electron chi connectivity index (χ1n) is 7.45. The fourth-order valence-electron chi connectivity index (χ4n) is 2.06. The first-order chi connectivity index (χ1) is 10.3. The molecule has 3 heteroatoms. The summed E-state index contributed by atoms with van der Waals surface area (Å²) in [5.41, 5.74) is 2.05. The van der Waals surface area contributed by atoms with Crippen LogP contribution in [-0.4, -0.2) is 18.2 Å². The van der Waals surface area contributed by atoms with E-state index in [9.17, 15) is 5.11 Å². The second-order valence-corrected chi connectivity index (χ2v) is 5.06. The normalized spacial score (nSPS) is 12.1. The predicted molar refractivity (Wildman–Crippen MR) is 85.3 cm³/mol. The van der Waals surface area contributed by atoms with Gasteiger partial charge in [-0.1, -0.05) is 49.4 Å². The first kappa shape index (κ1) is 15.5. The van der Waals surface area contributed by atoms with E-state index in [4.69, 9.17) is 4.74 Å². The highest BCUT2D eigenvalue weighted by molar-refractivity contribution is 5.29. The van der Waals surface area contributed by atoms with Gasteiger partial charge in [-0.3, -0.25) is 0 Å². The Bertz CT molecular complexity index is 511. The molecule has 21 heavy (non-hydrogen) atoms. The molecular weight excluding hydrogens is 262 g/mol. The van der Waals surface area contributed by atoms with Crippen molar-refractivity contribution < 1.29 is 9.84 Å². The maximum absolute atomic E-state index is 10.0. The Morgan fingerprint density at radius 1 is 1.05 bits per heavy atom. The molecular formula is C18H23NO2. The summed E-state index contributed by atoms with van der Waals surface area (Å²) in [6.07, 6.45) is 0.596. The lowest BCUT2D eigenvalue weighted by atomic mass is 10.1. The Kier molecular flexibility index (Phi) is 6.25. The van der Waals surface area contributed by atoms with Crippen LogP contribution in [0.25, 0.3) is 0 Å². The molecule has 0 amide bonds. The average Bonchev–Trinajstić information content (AvgIpc) is 2.54. The summed E-state index contributed by atoms with van der Waals surface area (Å²) in [6.45, 7) is 4.17. The van der Waals surface area contributed by atoms with Crippen molar-refractivity contribution in [2.75, 3.05) is 13.1 Å². The number of hydrogen-bond acceptors (Lipinski definition) is 3. The van der Waals surface area contributed by atoms with Crippen LogP contribution in [0.5, 0.6) is 5.75 Å². The minimum Gasteiger partial charge on any atom is -0.489 e. The lowest BCUT2D eigenvalue weighted by molar-refractivity contribution is 0.175. The van der Waals surface area contributed by atoms with Crippen molar-refractivity contribution in [3.8, 4) is 5.75 Å². The Balaban J connectivity index is 1.84. The molecule has 2 rings (SSSR count). The molecule has 0 heterocycles. The van der Waals surface area contributed by atoms with Gasteiger partial charge in [0.25, 0.3) is 0 Å². The molecule has 2 N–H and O–H groups in total. The van der Waals surface area contributed by atoms with E-state index in [0.717, 1.165) is 29.8 Å². The van der Waals surface area contributed by atoms with Crippen LogP contribution < -0.4 is 10.1 Å². The third-order valence-corrected chi connectivity index (χ3v) is 3.28. The van der Waals surface area contributed by atoms with Crippen molar-refractivity contribution in [1.29, 1.82) is 0 Å². The summed E-state index contributed by atoms with van der Waals surface area (Å²) >= 11 is 0. The number of nitrogens with one attached hydrogen (secondary N) is 1. The predicted octanol–water partition coefficient (Wildman–Crippen LogP) is 3.30. The van der Waals surface area contributed by atoms with E-state index in [1.54, 1.807) is 0 Å². The fraction of sp³-hybridized carbons (Fsp3) is 0.333. The lowest BCUT2D eigenvalue weighted by Crippen LogP contribution is -2.22. The minimum atomic E-state index is -0.472. The monoisotopic (exact) mass is 285 g/mol. The molecule has 1 unspecified atom stereocenters. The van der Waals surface area contributed by atoms with Crippen LogP contribution in [0.2, 0.25) is 0 Å². The van der Waals surface area contributed by atoms with E-state index >= 15 is 0 Å². The van der Waals surface area contributed by atoms with Gasteiger partial charge in [-0.2, -0.15) is 0 Å². The zero-order valence-corrected chi connectivity index (χ0v) is 12.5. The van der Waals surface area contributed by atoms with Crippen LogP contribution in [0.3, 0.4) is 0 Å². The van der Waals surface area contributed by atoms with Crippen molar-refractivity contribution in [1.82, 2.24) is 5.32 Å². The van der Waals surface area contributed by atoms with Crippen LogP contribution in [0.4, 0.5) is 0 Å². The third-order valence-electron chi connectivity index (χ3n) is 3.28. The van der Waals surface area contributed by atoms with Gasteiger partial charge >= 0.3 is 0 Å². The van der Waals surface area contributed by atoms with Gasteiger partial charge in [-0.05, 0) is 36.2 Å². The van der Waals surface area contributed by atoms with Crippen molar-refractivity contribution in [2.45, 2.75) is 26.1 Å². The van der Waals surface area contributed by atoms with Gasteiger partial charge in [0.1, 0.15) is 12.4 Å². The molecule has 0 spiro atoms. The molecule has 112 valence electrons. The number of rotatable bonds is 8. The molecule has 0 saturated heterocycles. The molecule has 0 bridgehead atoms. The highest BCUT2D eigenvalue weighted by atomic mass is 16.5. The highest BCUT2D eigenvalue weighted by Gasteiger charge is 2.06. The molecule has 3 nitrogen and oxygen atoms in total. The largest absolute Gasteiger partial charge is 0.489 e. The van der Waals surface area contributed by atoms with Crippen molar-refractivity contribution in [2.24, 2.45) is 0 Å². The van der Waals surface area contributed by atoms with E-state index in [0.29, 0.717) is 13.2 Å². The van der Waals surface area contributed by atoms with Gasteiger partial charge in [0.15, 0.2) is 0 Å². The second-order valence-electron chi connectivity index (χ2n) is 5.06. The fourth-order valence-corrected chi connectivity index (χ4v) is 2.06. The molecule has 0 aliphatic rings. The Hall–Kier alpha value is -1.84. The molecule has 2 aromatic rings. The summed E-state index contributed by atoms with van der Waals surface area (Å²) < 4.78 is 5.73. The highest BCUT2D eigenvalue weighted by Crippen LogP contribution is 2.18. The SMILES string of the molecule is CCCNCC(O)c1ccc(OCc2ccccc2)cc1. The topological polar surface area (TPSA) is 41.5 Å². The van der Waals surface area contributed by atoms with Gasteiger partial charge in [0.2, 0.25) is 0 Å². The zero-order chi connectivity index (χ0) is 14.9. The maximum Gasteiger partial charge on any atom is 0.119 e. The van der Waals surface area contributed by atoms with Crippen LogP contribution in [-0.2, 0) is 6.61 Å². The number of hydrogen-bond donors (Lipinski definition) is 2. The average molecular weight is 285 g/mol. The molecule has 0 aliphatic carbocycles. The Labute approximate surface area is 126 Å². The molecule has 2 aromatic carbocycles. The second kappa shape index (κ2) is 8.45. The number of aliphatic hydroxyl groups is 1. The van der Waals surface area contributed by atoms with E-state index in [1.807, 2.05) is 54.6 Å². The molecule has 1 atom stereocenters. The molecule has 0 radical (unpaired) electrons. The van der Waals surface area contributed by atoms with Gasteiger partial charge in [-0.25, -0.2) is 0 Å². The van der Waals surface area contributed by atoms with Crippen LogP contribution in [0, 0.1) is 0 Å². The smallest absolute Gasteiger partial charge is 0.119 e. The third kappa shape index (κ3) is 5.21. The molecule has 0 fully saturated rings. The maximum atomic E-state index is 10.0. The first-order valence-corrected chi connectivity index (χ1v) is 7.45. The summed E-state index contributed by atoms with van der Waals surface area (Å²) in [6, 6.07) is 17.7. The van der Waals surface area contributed by atoms with Gasteiger partial charge in [0, 0.05) is 6.54 Å². The van der Waals surface area contributed by atoms with Crippen LogP contribution in [0.15, 0.2) is 54.6 Å². The summed E-state index contributed by atoms with van der Waals surface area (Å²) in [4.78, 5) is 0. The summed E-state index contributed by atoms with van der Waals surface area (Å²) in [5.74, 6) is 0.816. The molecule has 0 aromatic heterocycles. The van der Waals surface area contributed by atoms with E-state index in [2.05, 4.69) is 12.2 Å². The van der Waals surface area contributed by atoms with Gasteiger partial charge in [0.05, 0.1) is 6.10 Å². The molecule has 0 saturated carbocycles. The van der Waals surface area contributed by atoms with Crippen LogP contribution >= 0.6 is 0 Å². The van der Waals surface area contributed by atoms with Crippen molar-refractivity contribution in [3.63, 3.8) is 0 Å². The standard InChI is InChI=1S/C18H23NO2/c1-2-12-19-13-18(20)16-8-10-17(11-9-16)21-14-15-6-4-3-5-7-15/h3-11,18-20H,2,12-14H2,1H3. The Morgan fingerprint density at radius 2 is 1.76 bits per heavy atom. The number of benzene rings is 2. The quantitative estimate of drug-likeness (QED) is 0.731. The van der Waals surface area contributed by atoms with Gasteiger partial charge in [-0.15, -0.1) is 0 Å².